The zero-order valence-electron chi connectivity index (χ0n) is 22.3. The van der Waals surface area contributed by atoms with E-state index in [1.54, 1.807) is 6.92 Å². The van der Waals surface area contributed by atoms with Gasteiger partial charge in [0.05, 0.1) is 0 Å². The summed E-state index contributed by atoms with van der Waals surface area (Å²) in [5, 5.41) is 16.9. The molecule has 0 aromatic heterocycles. The average molecular weight is 525 g/mol. The first-order valence-electron chi connectivity index (χ1n) is 12.3. The van der Waals surface area contributed by atoms with E-state index in [-0.39, 0.29) is 18.6 Å². The summed E-state index contributed by atoms with van der Waals surface area (Å²) >= 11 is 1.40. The van der Waals surface area contributed by atoms with Gasteiger partial charge in [-0.3, -0.25) is 9.59 Å². The minimum atomic E-state index is -1.17. The molecule has 0 spiro atoms. The molecule has 0 saturated heterocycles. The van der Waals surface area contributed by atoms with Crippen LogP contribution in [0.15, 0.2) is 34.9 Å². The number of rotatable bonds is 18. The van der Waals surface area contributed by atoms with E-state index in [1.165, 1.54) is 28.5 Å². The SMILES string of the molecule is CCNC(=O)NC(CCC(N)=O)C(=O)N[C@@H](CSC/C=C(\C)CC/C=C(\C)CCC=C(C)C)C(=O)O. The van der Waals surface area contributed by atoms with E-state index in [0.717, 1.165) is 25.7 Å². The van der Waals surface area contributed by atoms with E-state index in [2.05, 4.69) is 61.9 Å². The van der Waals surface area contributed by atoms with Crippen molar-refractivity contribution >= 4 is 35.6 Å². The van der Waals surface area contributed by atoms with Crippen LogP contribution in [0.4, 0.5) is 4.79 Å². The lowest BCUT2D eigenvalue weighted by Crippen LogP contribution is -2.54. The van der Waals surface area contributed by atoms with Gasteiger partial charge in [0, 0.05) is 24.5 Å². The molecule has 0 aromatic carbocycles. The molecule has 0 aromatic rings. The van der Waals surface area contributed by atoms with Gasteiger partial charge in [0.15, 0.2) is 0 Å². The number of nitrogens with two attached hydrogens (primary N) is 1. The zero-order chi connectivity index (χ0) is 27.5. The number of nitrogens with one attached hydrogen (secondary N) is 3. The number of aliphatic carboxylic acids is 1. The second-order valence-electron chi connectivity index (χ2n) is 8.96. The summed E-state index contributed by atoms with van der Waals surface area (Å²) < 4.78 is 0. The number of primary amides is 1. The van der Waals surface area contributed by atoms with Crippen molar-refractivity contribution in [2.75, 3.05) is 18.1 Å². The number of hydrogen-bond donors (Lipinski definition) is 5. The summed E-state index contributed by atoms with van der Waals surface area (Å²) in [6.45, 7) is 10.5. The molecule has 2 atom stereocenters. The van der Waals surface area contributed by atoms with Crippen LogP contribution in [0.5, 0.6) is 0 Å². The van der Waals surface area contributed by atoms with Crippen LogP contribution < -0.4 is 21.7 Å². The summed E-state index contributed by atoms with van der Waals surface area (Å²) in [7, 11) is 0. The maximum absolute atomic E-state index is 12.6. The van der Waals surface area contributed by atoms with Gasteiger partial charge in [-0.15, -0.1) is 0 Å². The Bertz CT molecular complexity index is 819. The number of hydrogen-bond acceptors (Lipinski definition) is 5. The van der Waals surface area contributed by atoms with E-state index in [4.69, 9.17) is 5.73 Å². The fraction of sp³-hybridized carbons (Fsp3) is 0.615. The first-order valence-corrected chi connectivity index (χ1v) is 13.5. The van der Waals surface area contributed by atoms with E-state index in [0.29, 0.717) is 12.3 Å². The lowest BCUT2D eigenvalue weighted by Gasteiger charge is -2.21. The van der Waals surface area contributed by atoms with Crippen LogP contribution in [0.3, 0.4) is 0 Å². The third-order valence-corrected chi connectivity index (χ3v) is 6.18. The number of amides is 4. The van der Waals surface area contributed by atoms with Crippen molar-refractivity contribution in [3.05, 3.63) is 34.9 Å². The van der Waals surface area contributed by atoms with Crippen molar-refractivity contribution in [3.8, 4) is 0 Å². The van der Waals surface area contributed by atoms with Crippen molar-refractivity contribution < 1.29 is 24.3 Å². The molecule has 4 amide bonds. The molecule has 0 saturated carbocycles. The summed E-state index contributed by atoms with van der Waals surface area (Å²) in [6, 6.07) is -2.78. The normalized spacial score (nSPS) is 13.4. The quantitative estimate of drug-likeness (QED) is 0.136. The van der Waals surface area contributed by atoms with E-state index in [9.17, 15) is 24.3 Å². The lowest BCUT2D eigenvalue weighted by atomic mass is 10.1. The van der Waals surface area contributed by atoms with E-state index >= 15 is 0 Å². The number of thioether (sulfide) groups is 1. The predicted molar refractivity (Wildman–Crippen MR) is 147 cm³/mol. The Morgan fingerprint density at radius 2 is 1.50 bits per heavy atom. The topological polar surface area (TPSA) is 151 Å². The summed E-state index contributed by atoms with van der Waals surface area (Å²) in [5.74, 6) is -1.67. The minimum absolute atomic E-state index is 0.0252. The molecule has 1 unspecified atom stereocenters. The highest BCUT2D eigenvalue weighted by molar-refractivity contribution is 7.99. The molecule has 10 heteroatoms. The summed E-state index contributed by atoms with van der Waals surface area (Å²) in [6.07, 6.45) is 10.5. The van der Waals surface area contributed by atoms with Gasteiger partial charge in [-0.25, -0.2) is 9.59 Å². The zero-order valence-corrected chi connectivity index (χ0v) is 23.1. The third-order valence-electron chi connectivity index (χ3n) is 5.21. The number of urea groups is 1. The van der Waals surface area contributed by atoms with Crippen molar-refractivity contribution in [3.63, 3.8) is 0 Å². The molecular weight excluding hydrogens is 480 g/mol. The Morgan fingerprint density at radius 3 is 2.06 bits per heavy atom. The second kappa shape index (κ2) is 19.4. The first kappa shape index (κ1) is 33.2. The highest BCUT2D eigenvalue weighted by Gasteiger charge is 2.26. The summed E-state index contributed by atoms with van der Waals surface area (Å²) in [5.41, 5.74) is 9.09. The number of carboxylic acid groups (broad SMARTS) is 1. The molecule has 0 radical (unpaired) electrons. The van der Waals surface area contributed by atoms with Crippen LogP contribution in [-0.2, 0) is 14.4 Å². The molecule has 0 heterocycles. The summed E-state index contributed by atoms with van der Waals surface area (Å²) in [4.78, 5) is 47.2. The van der Waals surface area contributed by atoms with Gasteiger partial charge in [0.1, 0.15) is 12.1 Å². The van der Waals surface area contributed by atoms with Gasteiger partial charge in [-0.2, -0.15) is 11.8 Å². The van der Waals surface area contributed by atoms with Crippen LogP contribution in [0.2, 0.25) is 0 Å². The molecular formula is C26H44N4O5S. The largest absolute Gasteiger partial charge is 0.480 e. The molecule has 0 aliphatic rings. The molecule has 6 N–H and O–H groups in total. The highest BCUT2D eigenvalue weighted by atomic mass is 32.2. The number of carboxylic acids is 1. The Kier molecular flexibility index (Phi) is 18.0. The number of carbonyl (C=O) groups excluding carboxylic acids is 3. The first-order chi connectivity index (χ1) is 17.0. The number of carbonyl (C=O) groups is 4. The smallest absolute Gasteiger partial charge is 0.327 e. The standard InChI is InChI=1S/C26H44N4O5S/c1-6-28-26(35)30-21(13-14-23(27)31)24(32)29-22(25(33)34)17-36-16-15-20(5)12-8-11-19(4)10-7-9-18(2)3/h9,11,15,21-22H,6-8,10,12-14,16-17H2,1-5H3,(H2,27,31)(H,29,32)(H,33,34)(H2,28,30,35)/b19-11+,20-15+/t21?,22-/m0/s1. The molecule has 36 heavy (non-hydrogen) atoms. The molecule has 0 bridgehead atoms. The minimum Gasteiger partial charge on any atom is -0.480 e. The molecule has 0 fully saturated rings. The molecule has 204 valence electrons. The molecule has 9 nitrogen and oxygen atoms in total. The van der Waals surface area contributed by atoms with Crippen molar-refractivity contribution in [1.82, 2.24) is 16.0 Å². The Balaban J connectivity index is 4.70. The van der Waals surface area contributed by atoms with Gasteiger partial charge < -0.3 is 26.8 Å². The van der Waals surface area contributed by atoms with Gasteiger partial charge in [-0.05, 0) is 66.7 Å². The van der Waals surface area contributed by atoms with Crippen LogP contribution in [-0.4, -0.2) is 59.1 Å². The van der Waals surface area contributed by atoms with Gasteiger partial charge in [0.25, 0.3) is 0 Å². The van der Waals surface area contributed by atoms with Crippen LogP contribution >= 0.6 is 11.8 Å². The Morgan fingerprint density at radius 1 is 0.889 bits per heavy atom. The average Bonchev–Trinajstić information content (AvgIpc) is 2.78. The fourth-order valence-electron chi connectivity index (χ4n) is 3.10. The lowest BCUT2D eigenvalue weighted by molar-refractivity contribution is -0.141. The maximum atomic E-state index is 12.6. The molecule has 0 rings (SSSR count). The van der Waals surface area contributed by atoms with Crippen LogP contribution in [0.25, 0.3) is 0 Å². The Labute approximate surface area is 219 Å². The third kappa shape index (κ3) is 17.7. The van der Waals surface area contributed by atoms with Crippen LogP contribution in [0.1, 0.15) is 73.1 Å². The fourth-order valence-corrected chi connectivity index (χ4v) is 4.10. The van der Waals surface area contributed by atoms with Gasteiger partial charge in [0.2, 0.25) is 11.8 Å². The van der Waals surface area contributed by atoms with Crippen LogP contribution in [0, 0.1) is 0 Å². The van der Waals surface area contributed by atoms with E-state index in [1.807, 2.05) is 0 Å². The maximum Gasteiger partial charge on any atom is 0.327 e. The van der Waals surface area contributed by atoms with Crippen molar-refractivity contribution in [2.24, 2.45) is 5.73 Å². The molecule has 0 aliphatic heterocycles. The Hall–Kier alpha value is -2.75. The van der Waals surface area contributed by atoms with Gasteiger partial charge in [-0.1, -0.05) is 34.9 Å². The van der Waals surface area contributed by atoms with Crippen molar-refractivity contribution in [2.45, 2.75) is 85.2 Å². The second-order valence-corrected chi connectivity index (χ2v) is 10.0. The van der Waals surface area contributed by atoms with Crippen molar-refractivity contribution in [1.29, 1.82) is 0 Å². The van der Waals surface area contributed by atoms with E-state index < -0.39 is 35.9 Å². The van der Waals surface area contributed by atoms with Gasteiger partial charge >= 0.3 is 12.0 Å². The monoisotopic (exact) mass is 524 g/mol. The highest BCUT2D eigenvalue weighted by Crippen LogP contribution is 2.13. The number of allylic oxidation sites excluding steroid dienone is 5. The predicted octanol–water partition coefficient (Wildman–Crippen LogP) is 3.66. The molecule has 0 aliphatic carbocycles.